The number of fused-ring (bicyclic) bond motifs is 8. The van der Waals surface area contributed by atoms with Crippen LogP contribution in [-0.4, -0.2) is 65.8 Å². The van der Waals surface area contributed by atoms with Gasteiger partial charge in [0.25, 0.3) is 0 Å². The molecule has 7 aliphatic rings. The number of allylic oxidation sites excluding steroid dienone is 2. The van der Waals surface area contributed by atoms with E-state index in [2.05, 4.69) is 37.0 Å². The van der Waals surface area contributed by atoms with E-state index < -0.39 is 17.1 Å². The number of methoxy groups -OCH3 is 2. The van der Waals surface area contributed by atoms with Gasteiger partial charge in [-0.05, 0) is 173 Å². The molecule has 5 saturated carbocycles. The van der Waals surface area contributed by atoms with Gasteiger partial charge < -0.3 is 24.6 Å². The molecule has 1 amide bonds. The Bertz CT molecular complexity index is 1980. The van der Waals surface area contributed by atoms with E-state index in [1.165, 1.54) is 55.4 Å². The number of nitrogens with zero attached hydrogens (tertiary/aromatic N) is 1. The highest BCUT2D eigenvalue weighted by Gasteiger charge is 2.59. The maximum absolute atomic E-state index is 14.9. The number of aryl methyl sites for hydroxylation is 1. The fraction of sp³-hybridized carbons (Fsp3) is 0.592. The third kappa shape index (κ3) is 8.00. The molecule has 0 radical (unpaired) electrons. The monoisotopic (exact) mass is 793 g/mol. The number of ether oxygens (including phenoxy) is 2. The zero-order chi connectivity index (χ0) is 40.1. The molecule has 10 rings (SSSR count). The van der Waals surface area contributed by atoms with Crippen LogP contribution in [0.25, 0.3) is 0 Å². The summed E-state index contributed by atoms with van der Waals surface area (Å²) in [4.78, 5) is 33.3. The molecule has 0 spiro atoms. The lowest BCUT2D eigenvalue weighted by Gasteiger charge is -2.58. The maximum atomic E-state index is 14.9. The van der Waals surface area contributed by atoms with Crippen LogP contribution in [0.1, 0.15) is 134 Å². The summed E-state index contributed by atoms with van der Waals surface area (Å²) in [5.74, 6) is 3.43. The molecule has 0 saturated heterocycles. The van der Waals surface area contributed by atoms with Crippen LogP contribution >= 0.6 is 11.3 Å². The Hall–Kier alpha value is -3.46. The fourth-order valence-corrected chi connectivity index (χ4v) is 13.4. The van der Waals surface area contributed by atoms with E-state index in [-0.39, 0.29) is 36.0 Å². The largest absolute Gasteiger partial charge is 0.493 e. The molecule has 2 aromatic carbocycles. The van der Waals surface area contributed by atoms with Crippen LogP contribution in [0.4, 0.5) is 0 Å². The highest BCUT2D eigenvalue weighted by molar-refractivity contribution is 7.14. The van der Waals surface area contributed by atoms with Crippen molar-refractivity contribution in [3.63, 3.8) is 0 Å². The van der Waals surface area contributed by atoms with Crippen LogP contribution < -0.4 is 9.47 Å². The molecule has 1 heterocycles. The van der Waals surface area contributed by atoms with Crippen LogP contribution in [0, 0.1) is 35.5 Å². The van der Waals surface area contributed by atoms with E-state index in [1.54, 1.807) is 14.2 Å². The first-order valence-corrected chi connectivity index (χ1v) is 22.4. The number of hydrogen-bond acceptors (Lipinski definition) is 7. The first-order valence-electron chi connectivity index (χ1n) is 21.6. The molecule has 4 atom stereocenters. The topological polar surface area (TPSA) is 96.3 Å². The summed E-state index contributed by atoms with van der Waals surface area (Å²) in [6, 6.07) is 15.9. The van der Waals surface area contributed by atoms with Crippen LogP contribution in [0.5, 0.6) is 11.5 Å². The molecule has 1 aromatic heterocycles. The number of aliphatic hydroxyl groups excluding tert-OH is 1. The zero-order valence-corrected chi connectivity index (χ0v) is 35.6. The van der Waals surface area contributed by atoms with Gasteiger partial charge in [0.15, 0.2) is 11.5 Å². The predicted octanol–water partition coefficient (Wildman–Crippen LogP) is 9.63. The van der Waals surface area contributed by atoms with Gasteiger partial charge >= 0.3 is 0 Å². The molecular formula is C49H63NO6S. The molecule has 57 heavy (non-hydrogen) atoms. The molecule has 0 unspecified atom stereocenters. The average Bonchev–Trinajstić information content (AvgIpc) is 3.72. The Morgan fingerprint density at radius 3 is 2.26 bits per heavy atom. The lowest BCUT2D eigenvalue weighted by Crippen LogP contribution is -2.58. The van der Waals surface area contributed by atoms with Crippen molar-refractivity contribution in [2.45, 2.75) is 128 Å². The second-order valence-corrected chi connectivity index (χ2v) is 20.5. The summed E-state index contributed by atoms with van der Waals surface area (Å²) in [6.07, 6.45) is 14.2. The van der Waals surface area contributed by atoms with Crippen LogP contribution in [0.15, 0.2) is 60.2 Å². The quantitative estimate of drug-likeness (QED) is 0.157. The van der Waals surface area contributed by atoms with E-state index in [1.807, 2.05) is 43.3 Å². The standard InChI is InChI=1S/C49H63NO6S/c1-31-7-6-17-47(3)41(39-13-10-33(22-38(51)12-8-31)23-40(39)46(53)44-15-9-32(2)57-44)16-18-49(47,54)30-50(29-48-26-35-19-36(27-48)21-37(20-35)28-48)45(52)25-34-11-14-42(55-4)43(24-34)56-5/h7,9-11,13-15,23-24,35-38,41,51,54H,6,8,12,16-22,25-30H2,1-5H3/t35?,36?,37?,38-,41-,47-,48?,49+/m0/s1. The van der Waals surface area contributed by atoms with Crippen molar-refractivity contribution in [3.8, 4) is 11.5 Å². The summed E-state index contributed by atoms with van der Waals surface area (Å²) in [6.45, 7) is 7.37. The Kier molecular flexibility index (Phi) is 11.3. The van der Waals surface area contributed by atoms with Crippen LogP contribution in [0.2, 0.25) is 0 Å². The number of thiophene rings is 1. The van der Waals surface area contributed by atoms with Gasteiger partial charge in [0.1, 0.15) is 0 Å². The van der Waals surface area contributed by atoms with E-state index in [0.29, 0.717) is 47.7 Å². The number of ketones is 1. The second kappa shape index (κ2) is 16.0. The summed E-state index contributed by atoms with van der Waals surface area (Å²) < 4.78 is 11.1. The Morgan fingerprint density at radius 2 is 1.60 bits per heavy atom. The van der Waals surface area contributed by atoms with Gasteiger partial charge in [-0.2, -0.15) is 0 Å². The number of aliphatic hydroxyl groups is 2. The Balaban J connectivity index is 1.18. The van der Waals surface area contributed by atoms with Crippen molar-refractivity contribution >= 4 is 23.0 Å². The van der Waals surface area contributed by atoms with Gasteiger partial charge in [-0.15, -0.1) is 11.3 Å². The normalized spacial score (nSPS) is 32.1. The minimum Gasteiger partial charge on any atom is -0.493 e. The molecule has 8 heteroatoms. The van der Waals surface area contributed by atoms with Crippen molar-refractivity contribution in [1.29, 1.82) is 0 Å². The third-order valence-corrected chi connectivity index (χ3v) is 16.2. The molecule has 5 fully saturated rings. The van der Waals surface area contributed by atoms with Gasteiger partial charge in [0.2, 0.25) is 11.7 Å². The highest BCUT2D eigenvalue weighted by Crippen LogP contribution is 2.62. The number of benzene rings is 2. The third-order valence-electron chi connectivity index (χ3n) is 15.2. The smallest absolute Gasteiger partial charge is 0.227 e. The van der Waals surface area contributed by atoms with Crippen molar-refractivity contribution in [2.75, 3.05) is 27.3 Å². The molecule has 3 aromatic rings. The van der Waals surface area contributed by atoms with Gasteiger partial charge in [-0.1, -0.05) is 36.8 Å². The van der Waals surface area contributed by atoms with Crippen LogP contribution in [-0.2, 0) is 17.6 Å². The summed E-state index contributed by atoms with van der Waals surface area (Å²) in [5.41, 5.74) is 3.02. The van der Waals surface area contributed by atoms with E-state index in [9.17, 15) is 19.8 Å². The number of amides is 1. The van der Waals surface area contributed by atoms with Gasteiger partial charge in [0, 0.05) is 28.9 Å². The molecule has 7 aliphatic carbocycles. The molecule has 0 aliphatic heterocycles. The van der Waals surface area contributed by atoms with E-state index in [4.69, 9.17) is 9.47 Å². The Labute approximate surface area is 343 Å². The summed E-state index contributed by atoms with van der Waals surface area (Å²) in [7, 11) is 3.24. The van der Waals surface area contributed by atoms with E-state index in [0.717, 1.165) is 65.0 Å². The minimum absolute atomic E-state index is 0.00797. The first-order chi connectivity index (χ1) is 27.3. The summed E-state index contributed by atoms with van der Waals surface area (Å²) in [5, 5.41) is 24.5. The fourth-order valence-electron chi connectivity index (χ4n) is 12.6. The molecular weight excluding hydrogens is 731 g/mol. The second-order valence-electron chi connectivity index (χ2n) is 19.2. The number of carbonyl (C=O) groups excluding carboxylic acids is 2. The van der Waals surface area contributed by atoms with Gasteiger partial charge in [-0.25, -0.2) is 0 Å². The highest BCUT2D eigenvalue weighted by atomic mass is 32.1. The molecule has 306 valence electrons. The number of carbonyl (C=O) groups is 2. The van der Waals surface area contributed by atoms with E-state index >= 15 is 0 Å². The van der Waals surface area contributed by atoms with Crippen molar-refractivity contribution in [1.82, 2.24) is 4.90 Å². The van der Waals surface area contributed by atoms with Crippen molar-refractivity contribution < 1.29 is 29.3 Å². The van der Waals surface area contributed by atoms with Gasteiger partial charge in [0.05, 0.1) is 37.2 Å². The molecule has 6 bridgehead atoms. The molecule has 2 N–H and O–H groups in total. The SMILES string of the molecule is COc1ccc(CC(=O)N(CC23CC4CC(CC(C4)C2)C3)C[C@]2(O)CC[C@H]3c4ccc(cc4C(=O)c4ccc(C)s4)C[C@@H](O)CCC(C)=CCC[C@@]32C)cc1OC. The first kappa shape index (κ1) is 40.3. The predicted molar refractivity (Wildman–Crippen MR) is 226 cm³/mol. The number of hydrogen-bond donors (Lipinski definition) is 2. The van der Waals surface area contributed by atoms with Gasteiger partial charge in [-0.3, -0.25) is 9.59 Å². The minimum atomic E-state index is -1.18. The average molecular weight is 794 g/mol. The zero-order valence-electron chi connectivity index (χ0n) is 34.8. The number of rotatable bonds is 10. The van der Waals surface area contributed by atoms with Crippen LogP contribution in [0.3, 0.4) is 0 Å². The summed E-state index contributed by atoms with van der Waals surface area (Å²) >= 11 is 1.52. The molecule has 7 nitrogen and oxygen atoms in total. The maximum Gasteiger partial charge on any atom is 0.227 e. The lowest BCUT2D eigenvalue weighted by molar-refractivity contribution is -0.148. The Morgan fingerprint density at radius 1 is 0.877 bits per heavy atom. The lowest BCUT2D eigenvalue weighted by atomic mass is 9.49. The van der Waals surface area contributed by atoms with Crippen molar-refractivity contribution in [3.05, 3.63) is 92.2 Å². The van der Waals surface area contributed by atoms with Crippen molar-refractivity contribution in [2.24, 2.45) is 28.6 Å².